The molecule has 0 fully saturated rings. The molecule has 562 valence electrons. The van der Waals surface area contributed by atoms with Crippen molar-refractivity contribution in [3.63, 3.8) is 0 Å². The van der Waals surface area contributed by atoms with Crippen molar-refractivity contribution in [1.29, 1.82) is 5.26 Å². The van der Waals surface area contributed by atoms with E-state index in [1.807, 2.05) is 66.7 Å². The summed E-state index contributed by atoms with van der Waals surface area (Å²) >= 11 is 0. The molecule has 3 aliphatic heterocycles. The third-order valence-electron chi connectivity index (χ3n) is 23.4. The number of ether oxygens (including phenoxy) is 3. The summed E-state index contributed by atoms with van der Waals surface area (Å²) in [6, 6.07) is 104. The first-order valence-electron chi connectivity index (χ1n) is 40.2. The maximum Gasteiger partial charge on any atom is 0.270 e. The topological polar surface area (TPSA) is 65.8 Å². The summed E-state index contributed by atoms with van der Waals surface area (Å²) in [5, 5.41) is 19.5. The minimum Gasteiger partial charge on any atom is -0.458 e. The van der Waals surface area contributed by atoms with E-state index in [1.54, 1.807) is 0 Å². The fourth-order valence-electron chi connectivity index (χ4n) is 18.0. The van der Waals surface area contributed by atoms with Crippen LogP contribution in [0.2, 0.25) is 0 Å². The lowest BCUT2D eigenvalue weighted by atomic mass is 9.34. The van der Waals surface area contributed by atoms with Crippen molar-refractivity contribution in [2.45, 2.75) is 131 Å². The van der Waals surface area contributed by atoms with E-state index in [2.05, 4.69) is 348 Å². The summed E-state index contributed by atoms with van der Waals surface area (Å²) in [6.07, 6.45) is 5.52. The summed E-state index contributed by atoms with van der Waals surface area (Å²) in [4.78, 5) is 0. The molecular formula is C107H93BN4O3. The minimum atomic E-state index is -0.0498. The van der Waals surface area contributed by atoms with Crippen LogP contribution in [0.25, 0.3) is 126 Å². The zero-order valence-electron chi connectivity index (χ0n) is 68.3. The molecule has 0 amide bonds. The molecule has 22 rings (SSSR count). The van der Waals surface area contributed by atoms with Crippen LogP contribution in [0.5, 0.6) is 34.5 Å². The predicted octanol–water partition coefficient (Wildman–Crippen LogP) is 26.9. The van der Waals surface area contributed by atoms with Gasteiger partial charge in [0.15, 0.2) is 0 Å². The fourth-order valence-corrected chi connectivity index (χ4v) is 18.0. The van der Waals surface area contributed by atoms with Crippen LogP contribution in [-0.4, -0.2) is 20.2 Å². The summed E-state index contributed by atoms with van der Waals surface area (Å²) in [5.74, 6) is 7.96. The van der Waals surface area contributed by atoms with Gasteiger partial charge in [-0.15, -0.1) is 6.42 Å². The zero-order chi connectivity index (χ0) is 79.9. The maximum atomic E-state index is 9.15. The highest BCUT2D eigenvalue weighted by Gasteiger charge is 2.47. The third kappa shape index (κ3) is 12.5. The Balaban J connectivity index is 0.000000101. The molecule has 14 aromatic carbocycles. The molecular weight excluding hydrogens is 1400 g/mol. The Bertz CT molecular complexity index is 6780. The Morgan fingerprint density at radius 2 is 0.600 bits per heavy atom. The molecule has 0 bridgehead atoms. The molecule has 18 aromatic rings. The lowest BCUT2D eigenvalue weighted by molar-refractivity contribution is 0.423. The number of benzene rings is 14. The Hall–Kier alpha value is -13.0. The third-order valence-corrected chi connectivity index (χ3v) is 23.4. The molecule has 0 spiro atoms. The van der Waals surface area contributed by atoms with Crippen LogP contribution in [0.3, 0.4) is 0 Å². The zero-order valence-corrected chi connectivity index (χ0v) is 68.3. The normalized spacial score (nSPS) is 12.8. The standard InChI is InChI=1S/C28H24.C22H17BO3.C22H19N.C19H16N2.C16H17N/c1-28(2,3)19-16-17-26-24-14-7-6-12-22(24)20-10-4-5-11-21(20)23-13-8-9-15-25(23)27(26)18-19;1-22(2,3)12-10-17-21-18(11-12)26-16-9-5-7-14-20(16)23(21)19-13(24-14)6-4-8-15(19)25-17;1-22(2,3)14-12-17-15-8-4-6-10-19(15)23-20-11-7-5-9-16(20)18(13-14)21(17)23;1-5-13-6-8-17-15(10-13)16-11-14(12-20)7-9-18(16)21(17)19(2,3)4;1-16(2,3)17-14-10-6-4-8-12(14)13-9-5-7-11-15(13)17/h4-18H,1-3H3;4-11H,1-3H3;4-13H,1-3H3;1,6-11H,2-4H3;4-11H,1-3H3. The lowest BCUT2D eigenvalue weighted by Crippen LogP contribution is -2.59. The fraction of sp³-hybridized carbons (Fsp3) is 0.187. The van der Waals surface area contributed by atoms with Crippen LogP contribution in [-0.2, 0) is 27.3 Å². The summed E-state index contributed by atoms with van der Waals surface area (Å²) in [7, 11) is 0. The maximum absolute atomic E-state index is 9.15. The average Bonchev–Trinajstić information content (AvgIpc) is 1.69. The van der Waals surface area contributed by atoms with E-state index < -0.39 is 0 Å². The molecule has 0 saturated carbocycles. The van der Waals surface area contributed by atoms with Gasteiger partial charge in [0, 0.05) is 98.2 Å². The monoisotopic (exact) mass is 1490 g/mol. The molecule has 7 heterocycles. The Morgan fingerprint density at radius 1 is 0.278 bits per heavy atom. The number of rotatable bonds is 0. The molecule has 0 radical (unpaired) electrons. The van der Waals surface area contributed by atoms with E-state index in [1.165, 1.54) is 121 Å². The summed E-state index contributed by atoms with van der Waals surface area (Å²) < 4.78 is 26.0. The number of para-hydroxylation sites is 4. The molecule has 7 nitrogen and oxygen atoms in total. The first-order valence-corrected chi connectivity index (χ1v) is 40.2. The number of fused-ring (bicyclic) bond motifs is 20. The average molecular weight is 1490 g/mol. The number of terminal acetylenes is 1. The van der Waals surface area contributed by atoms with Gasteiger partial charge in [-0.2, -0.15) is 5.26 Å². The predicted molar refractivity (Wildman–Crippen MR) is 485 cm³/mol. The van der Waals surface area contributed by atoms with Crippen molar-refractivity contribution >= 4 is 105 Å². The van der Waals surface area contributed by atoms with Crippen LogP contribution < -0.4 is 30.6 Å². The Kier molecular flexibility index (Phi) is 17.5. The first-order chi connectivity index (χ1) is 55.1. The van der Waals surface area contributed by atoms with Crippen LogP contribution in [0.1, 0.15) is 132 Å². The van der Waals surface area contributed by atoms with Gasteiger partial charge in [-0.05, 0) is 234 Å². The van der Waals surface area contributed by atoms with Gasteiger partial charge in [0.1, 0.15) is 34.5 Å². The molecule has 4 aliphatic rings. The van der Waals surface area contributed by atoms with Crippen LogP contribution >= 0.6 is 0 Å². The largest absolute Gasteiger partial charge is 0.458 e. The molecule has 0 N–H and O–H groups in total. The van der Waals surface area contributed by atoms with Gasteiger partial charge < -0.3 is 27.7 Å². The van der Waals surface area contributed by atoms with Gasteiger partial charge in [-0.1, -0.05) is 238 Å². The van der Waals surface area contributed by atoms with E-state index >= 15 is 0 Å². The van der Waals surface area contributed by atoms with Crippen molar-refractivity contribution < 1.29 is 14.2 Å². The number of aromatic nitrogens is 3. The molecule has 4 aromatic heterocycles. The number of hydrogen-bond donors (Lipinski definition) is 0. The van der Waals surface area contributed by atoms with E-state index in [0.29, 0.717) is 5.56 Å². The van der Waals surface area contributed by atoms with Crippen molar-refractivity contribution in [2.24, 2.45) is 0 Å². The minimum absolute atomic E-state index is 0.0121. The second-order valence-corrected chi connectivity index (χ2v) is 36.2. The highest BCUT2D eigenvalue weighted by atomic mass is 16.5. The quantitative estimate of drug-likeness (QED) is 0.112. The van der Waals surface area contributed by atoms with Gasteiger partial charge in [-0.3, -0.25) is 0 Å². The van der Waals surface area contributed by atoms with E-state index in [-0.39, 0.29) is 34.0 Å². The highest BCUT2D eigenvalue weighted by Crippen LogP contribution is 2.50. The molecule has 115 heavy (non-hydrogen) atoms. The second kappa shape index (κ2) is 27.4. The van der Waals surface area contributed by atoms with E-state index in [4.69, 9.17) is 25.9 Å². The molecule has 8 heteroatoms. The Morgan fingerprint density at radius 3 is 0.991 bits per heavy atom. The van der Waals surface area contributed by atoms with Crippen LogP contribution in [0, 0.1) is 23.7 Å². The lowest BCUT2D eigenvalue weighted by Gasteiger charge is -2.38. The molecule has 1 aliphatic carbocycles. The second-order valence-electron chi connectivity index (χ2n) is 36.2. The van der Waals surface area contributed by atoms with Gasteiger partial charge >= 0.3 is 0 Å². The van der Waals surface area contributed by atoms with Crippen molar-refractivity contribution in [2.75, 3.05) is 0 Å². The highest BCUT2D eigenvalue weighted by molar-refractivity contribution is 6.99. The number of nitriles is 1. The SMILES string of the molecule is C#Cc1ccc2c(c1)c1cc(C#N)ccc1n2C(C)(C)C.CC(C)(C)c1cc2c3c(c1)Oc1cccc4c1B3c1c(cccc1O2)O4.CC(C)(C)c1cc2c3ccccc3n3c4ccccc4c(c1)c23.CC(C)(C)c1ccc2c(c1)-c1ccccc1-c1ccccc1-c1ccccc1-2.CC(C)(C)n1c2ccccc2c2ccccc21. The van der Waals surface area contributed by atoms with E-state index in [9.17, 15) is 0 Å². The molecule has 0 saturated heterocycles. The van der Waals surface area contributed by atoms with Crippen LogP contribution in [0.15, 0.2) is 285 Å². The smallest absolute Gasteiger partial charge is 0.270 e. The van der Waals surface area contributed by atoms with Gasteiger partial charge in [0.05, 0.1) is 28.2 Å². The van der Waals surface area contributed by atoms with E-state index in [0.717, 1.165) is 78.3 Å². The molecule has 0 atom stereocenters. The Labute approximate surface area is 675 Å². The van der Waals surface area contributed by atoms with Gasteiger partial charge in [0.2, 0.25) is 0 Å². The number of hydrogen-bond acceptors (Lipinski definition) is 4. The summed E-state index contributed by atoms with van der Waals surface area (Å²) in [5.41, 5.74) is 28.5. The molecule has 0 unspecified atom stereocenters. The van der Waals surface area contributed by atoms with Gasteiger partial charge in [-0.25, -0.2) is 0 Å². The van der Waals surface area contributed by atoms with Crippen molar-refractivity contribution in [3.8, 4) is 97.4 Å². The van der Waals surface area contributed by atoms with Gasteiger partial charge in [0.25, 0.3) is 6.71 Å². The number of nitrogens with zero attached hydrogens (tertiary/aromatic N) is 4. The first kappa shape index (κ1) is 73.5. The van der Waals surface area contributed by atoms with Crippen molar-refractivity contribution in [3.05, 3.63) is 313 Å². The van der Waals surface area contributed by atoms with Crippen LogP contribution in [0.4, 0.5) is 0 Å². The van der Waals surface area contributed by atoms with Crippen molar-refractivity contribution in [1.82, 2.24) is 13.5 Å². The summed E-state index contributed by atoms with van der Waals surface area (Å²) in [6.45, 7) is 33.8.